The highest BCUT2D eigenvalue weighted by atomic mass is 79.9. The summed E-state index contributed by atoms with van der Waals surface area (Å²) in [6.45, 7) is 0.903. The number of rotatable bonds is 4. The van der Waals surface area contributed by atoms with Crippen LogP contribution < -0.4 is 5.32 Å². The minimum Gasteiger partial charge on any atom is -0.310 e. The third-order valence-corrected chi connectivity index (χ3v) is 4.41. The van der Waals surface area contributed by atoms with Crippen molar-refractivity contribution >= 4 is 27.0 Å². The van der Waals surface area contributed by atoms with E-state index in [1.165, 1.54) is 24.1 Å². The maximum atomic E-state index is 4.50. The van der Waals surface area contributed by atoms with Gasteiger partial charge in [0.15, 0.2) is 0 Å². The van der Waals surface area contributed by atoms with Crippen molar-refractivity contribution in [3.63, 3.8) is 0 Å². The Hall–Kier alpha value is -1.65. The fourth-order valence-electron chi connectivity index (χ4n) is 2.60. The highest BCUT2D eigenvalue weighted by Gasteiger charge is 2.20. The second-order valence-corrected chi connectivity index (χ2v) is 6.45. The Bertz CT molecular complexity index is 790. The van der Waals surface area contributed by atoms with E-state index in [4.69, 9.17) is 0 Å². The van der Waals surface area contributed by atoms with Crippen molar-refractivity contribution in [3.8, 4) is 5.69 Å². The van der Waals surface area contributed by atoms with E-state index in [2.05, 4.69) is 61.1 Å². The molecule has 0 bridgehead atoms. The van der Waals surface area contributed by atoms with Crippen molar-refractivity contribution in [2.24, 2.45) is 0 Å². The monoisotopic (exact) mass is 341 g/mol. The number of fused-ring (bicyclic) bond motifs is 1. The average molecular weight is 342 g/mol. The molecule has 4 heteroatoms. The first kappa shape index (κ1) is 13.0. The van der Waals surface area contributed by atoms with E-state index in [1.54, 1.807) is 0 Å². The Labute approximate surface area is 132 Å². The van der Waals surface area contributed by atoms with Crippen LogP contribution in [0.25, 0.3) is 16.7 Å². The van der Waals surface area contributed by atoms with E-state index in [0.717, 1.165) is 22.1 Å². The number of hydrogen-bond donors (Lipinski definition) is 1. The smallest absolute Gasteiger partial charge is 0.100 e. The van der Waals surface area contributed by atoms with Crippen molar-refractivity contribution in [1.29, 1.82) is 0 Å². The molecule has 1 aromatic heterocycles. The molecule has 0 radical (unpaired) electrons. The number of imidazole rings is 1. The van der Waals surface area contributed by atoms with Crippen molar-refractivity contribution < 1.29 is 0 Å². The Morgan fingerprint density at radius 3 is 2.90 bits per heavy atom. The number of halogens is 1. The summed E-state index contributed by atoms with van der Waals surface area (Å²) in [4.78, 5) is 4.50. The summed E-state index contributed by atoms with van der Waals surface area (Å²) in [5.41, 5.74) is 4.65. The molecule has 1 aliphatic rings. The predicted octanol–water partition coefficient (Wildman–Crippen LogP) is 4.04. The van der Waals surface area contributed by atoms with Crippen LogP contribution in [-0.2, 0) is 6.54 Å². The third-order valence-electron chi connectivity index (χ3n) is 3.92. The third kappa shape index (κ3) is 2.61. The van der Waals surface area contributed by atoms with Gasteiger partial charge in [-0.2, -0.15) is 0 Å². The van der Waals surface area contributed by atoms with Crippen LogP contribution in [0.2, 0.25) is 0 Å². The van der Waals surface area contributed by atoms with Gasteiger partial charge in [-0.15, -0.1) is 0 Å². The van der Waals surface area contributed by atoms with Crippen molar-refractivity contribution in [2.75, 3.05) is 0 Å². The molecule has 0 amide bonds. The predicted molar refractivity (Wildman–Crippen MR) is 88.6 cm³/mol. The van der Waals surface area contributed by atoms with Gasteiger partial charge in [0.25, 0.3) is 0 Å². The number of nitrogens with one attached hydrogen (secondary N) is 1. The Balaban J connectivity index is 1.80. The van der Waals surface area contributed by atoms with Gasteiger partial charge in [0, 0.05) is 17.1 Å². The molecule has 1 saturated carbocycles. The van der Waals surface area contributed by atoms with Crippen LogP contribution in [0.15, 0.2) is 53.3 Å². The van der Waals surface area contributed by atoms with E-state index >= 15 is 0 Å². The number of aromatic nitrogens is 2. The molecule has 106 valence electrons. The number of para-hydroxylation sites is 2. The standard InChI is InChI=1S/C17H16BrN3/c18-13-6-5-12(10-19-14-7-8-14)17(9-13)21-11-20-15-3-1-2-4-16(15)21/h1-6,9,11,14,19H,7-8,10H2. The summed E-state index contributed by atoms with van der Waals surface area (Å²) in [7, 11) is 0. The summed E-state index contributed by atoms with van der Waals surface area (Å²) in [5, 5.41) is 3.59. The summed E-state index contributed by atoms with van der Waals surface area (Å²) in [5.74, 6) is 0. The molecule has 1 fully saturated rings. The highest BCUT2D eigenvalue weighted by molar-refractivity contribution is 9.10. The van der Waals surface area contributed by atoms with Gasteiger partial charge in [-0.1, -0.05) is 34.1 Å². The van der Waals surface area contributed by atoms with Crippen molar-refractivity contribution in [3.05, 3.63) is 58.8 Å². The van der Waals surface area contributed by atoms with E-state index < -0.39 is 0 Å². The first-order valence-corrected chi connectivity index (χ1v) is 8.05. The Morgan fingerprint density at radius 2 is 2.05 bits per heavy atom. The van der Waals surface area contributed by atoms with Crippen molar-refractivity contribution in [2.45, 2.75) is 25.4 Å². The van der Waals surface area contributed by atoms with E-state index in [9.17, 15) is 0 Å². The molecule has 0 saturated heterocycles. The molecule has 0 aliphatic heterocycles. The maximum Gasteiger partial charge on any atom is 0.100 e. The molecule has 3 aromatic rings. The number of benzene rings is 2. The summed E-state index contributed by atoms with van der Waals surface area (Å²) in [6.07, 6.45) is 4.52. The molecule has 0 atom stereocenters. The summed E-state index contributed by atoms with van der Waals surface area (Å²) >= 11 is 3.58. The molecule has 21 heavy (non-hydrogen) atoms. The molecule has 0 unspecified atom stereocenters. The van der Waals surface area contributed by atoms with Crippen molar-refractivity contribution in [1.82, 2.24) is 14.9 Å². The number of hydrogen-bond acceptors (Lipinski definition) is 2. The largest absolute Gasteiger partial charge is 0.310 e. The second-order valence-electron chi connectivity index (χ2n) is 5.53. The fraction of sp³-hybridized carbons (Fsp3) is 0.235. The molecular weight excluding hydrogens is 326 g/mol. The van der Waals surface area contributed by atoms with Gasteiger partial charge in [-0.3, -0.25) is 4.57 Å². The molecule has 1 N–H and O–H groups in total. The van der Waals surface area contributed by atoms with E-state index in [-0.39, 0.29) is 0 Å². The molecule has 0 spiro atoms. The molecule has 4 rings (SSSR count). The van der Waals surface area contributed by atoms with Gasteiger partial charge in [0.2, 0.25) is 0 Å². The molecular formula is C17H16BrN3. The van der Waals surface area contributed by atoms with Crippen LogP contribution in [-0.4, -0.2) is 15.6 Å². The first-order chi connectivity index (χ1) is 10.3. The van der Waals surface area contributed by atoms with Crippen LogP contribution in [0.3, 0.4) is 0 Å². The Morgan fingerprint density at radius 1 is 1.19 bits per heavy atom. The second kappa shape index (κ2) is 5.28. The lowest BCUT2D eigenvalue weighted by Crippen LogP contribution is -2.16. The van der Waals surface area contributed by atoms with Crippen LogP contribution in [0.5, 0.6) is 0 Å². The molecule has 2 aromatic carbocycles. The zero-order chi connectivity index (χ0) is 14.2. The fourth-order valence-corrected chi connectivity index (χ4v) is 2.95. The zero-order valence-corrected chi connectivity index (χ0v) is 13.2. The SMILES string of the molecule is Brc1ccc(CNC2CC2)c(-n2cnc3ccccc32)c1. The Kier molecular flexibility index (Phi) is 3.28. The van der Waals surface area contributed by atoms with Gasteiger partial charge in [-0.25, -0.2) is 4.98 Å². The van der Waals surface area contributed by atoms with Gasteiger partial charge in [0.1, 0.15) is 6.33 Å². The zero-order valence-electron chi connectivity index (χ0n) is 11.6. The lowest BCUT2D eigenvalue weighted by atomic mass is 10.1. The topological polar surface area (TPSA) is 29.9 Å². The minimum atomic E-state index is 0.709. The highest BCUT2D eigenvalue weighted by Crippen LogP contribution is 2.26. The minimum absolute atomic E-state index is 0.709. The lowest BCUT2D eigenvalue weighted by molar-refractivity contribution is 0.685. The summed E-state index contributed by atoms with van der Waals surface area (Å²) in [6, 6.07) is 15.4. The van der Waals surface area contributed by atoms with E-state index in [1.807, 2.05) is 18.5 Å². The van der Waals surface area contributed by atoms with Gasteiger partial charge >= 0.3 is 0 Å². The van der Waals surface area contributed by atoms with E-state index in [0.29, 0.717) is 6.04 Å². The maximum absolute atomic E-state index is 4.50. The summed E-state index contributed by atoms with van der Waals surface area (Å²) < 4.78 is 3.26. The van der Waals surface area contributed by atoms with Crippen LogP contribution in [0.4, 0.5) is 0 Å². The quantitative estimate of drug-likeness (QED) is 0.776. The normalized spacial score (nSPS) is 14.7. The molecule has 1 heterocycles. The lowest BCUT2D eigenvalue weighted by Gasteiger charge is -2.13. The molecule has 1 aliphatic carbocycles. The van der Waals surface area contributed by atoms with Crippen LogP contribution in [0.1, 0.15) is 18.4 Å². The van der Waals surface area contributed by atoms with Crippen LogP contribution >= 0.6 is 15.9 Å². The average Bonchev–Trinajstić information content (AvgIpc) is 3.23. The first-order valence-electron chi connectivity index (χ1n) is 7.25. The molecule has 3 nitrogen and oxygen atoms in total. The van der Waals surface area contributed by atoms with Gasteiger partial charge in [-0.05, 0) is 42.7 Å². The van der Waals surface area contributed by atoms with Gasteiger partial charge < -0.3 is 5.32 Å². The van der Waals surface area contributed by atoms with Crippen LogP contribution in [0, 0.1) is 0 Å². The van der Waals surface area contributed by atoms with Gasteiger partial charge in [0.05, 0.1) is 16.7 Å². The number of nitrogens with zero attached hydrogens (tertiary/aromatic N) is 2.